The van der Waals surface area contributed by atoms with E-state index in [4.69, 9.17) is 0 Å². The number of anilines is 1. The first-order valence-electron chi connectivity index (χ1n) is 7.40. The molecule has 0 fully saturated rings. The number of nitrogens with one attached hydrogen (secondary N) is 1. The summed E-state index contributed by atoms with van der Waals surface area (Å²) in [4.78, 5) is 12.2. The third-order valence-corrected chi connectivity index (χ3v) is 5.09. The van der Waals surface area contributed by atoms with Crippen LogP contribution in [0.25, 0.3) is 0 Å². The summed E-state index contributed by atoms with van der Waals surface area (Å²) in [6.45, 7) is 7.27. The largest absolute Gasteiger partial charge is 0.360 e. The Morgan fingerprint density at radius 1 is 1.27 bits per heavy atom. The standard InChI is InChI=1S/C16H21N3OS2/c1-4-12-5-7-13(8-6-12)14(20)10-21-16-19-18-15(22-16)17-9-11(2)3/h5-8,11H,4,9-10H2,1-3H3,(H,17,18). The van der Waals surface area contributed by atoms with Crippen LogP contribution >= 0.6 is 23.1 Å². The van der Waals surface area contributed by atoms with Crippen LogP contribution < -0.4 is 5.32 Å². The van der Waals surface area contributed by atoms with Crippen LogP contribution in [0.1, 0.15) is 36.7 Å². The Labute approximate surface area is 139 Å². The smallest absolute Gasteiger partial charge is 0.206 e. The number of ketones is 1. The number of Topliss-reactive ketones (excluding diaryl/α,β-unsaturated/α-hetero) is 1. The molecule has 0 aliphatic carbocycles. The van der Waals surface area contributed by atoms with Crippen LogP contribution in [0.2, 0.25) is 0 Å². The van der Waals surface area contributed by atoms with Gasteiger partial charge in [-0.15, -0.1) is 10.2 Å². The molecule has 0 aliphatic heterocycles. The molecule has 22 heavy (non-hydrogen) atoms. The average Bonchev–Trinajstić information content (AvgIpc) is 2.98. The summed E-state index contributed by atoms with van der Waals surface area (Å²) in [5.74, 6) is 1.08. The molecule has 0 radical (unpaired) electrons. The Balaban J connectivity index is 1.85. The molecule has 0 unspecified atom stereocenters. The predicted molar refractivity (Wildman–Crippen MR) is 94.1 cm³/mol. The van der Waals surface area contributed by atoms with Crippen molar-refractivity contribution in [2.24, 2.45) is 5.92 Å². The molecule has 0 saturated carbocycles. The zero-order chi connectivity index (χ0) is 15.9. The summed E-state index contributed by atoms with van der Waals surface area (Å²) in [7, 11) is 0. The quantitative estimate of drug-likeness (QED) is 0.580. The van der Waals surface area contributed by atoms with Gasteiger partial charge < -0.3 is 5.32 Å². The van der Waals surface area contributed by atoms with Crippen molar-refractivity contribution in [2.45, 2.75) is 31.5 Å². The molecular formula is C16H21N3OS2. The van der Waals surface area contributed by atoms with E-state index < -0.39 is 0 Å². The van der Waals surface area contributed by atoms with Crippen LogP contribution in [0.3, 0.4) is 0 Å². The molecule has 0 aliphatic rings. The highest BCUT2D eigenvalue weighted by atomic mass is 32.2. The van der Waals surface area contributed by atoms with Crippen molar-refractivity contribution in [3.63, 3.8) is 0 Å². The number of rotatable bonds is 8. The molecule has 0 atom stereocenters. The Morgan fingerprint density at radius 2 is 2.00 bits per heavy atom. The summed E-state index contributed by atoms with van der Waals surface area (Å²) < 4.78 is 0.824. The van der Waals surface area contributed by atoms with Gasteiger partial charge in [0.2, 0.25) is 5.13 Å². The van der Waals surface area contributed by atoms with Crippen LogP contribution in [-0.4, -0.2) is 28.3 Å². The lowest BCUT2D eigenvalue weighted by Gasteiger charge is -2.03. The molecule has 0 saturated heterocycles. The number of hydrogen-bond acceptors (Lipinski definition) is 6. The minimum absolute atomic E-state index is 0.125. The molecule has 1 N–H and O–H groups in total. The van der Waals surface area contributed by atoms with E-state index >= 15 is 0 Å². The van der Waals surface area contributed by atoms with Crippen molar-refractivity contribution in [1.82, 2.24) is 10.2 Å². The Hall–Kier alpha value is -1.40. The Bertz CT molecular complexity index is 608. The second kappa shape index (κ2) is 8.29. The first-order chi connectivity index (χ1) is 10.6. The van der Waals surface area contributed by atoms with Gasteiger partial charge in [0.25, 0.3) is 0 Å². The summed E-state index contributed by atoms with van der Waals surface area (Å²) in [5, 5.41) is 12.2. The van der Waals surface area contributed by atoms with E-state index in [1.807, 2.05) is 24.3 Å². The molecule has 2 rings (SSSR count). The number of carbonyl (C=O) groups excluding carboxylic acids is 1. The maximum atomic E-state index is 12.2. The molecule has 4 nitrogen and oxygen atoms in total. The van der Waals surface area contributed by atoms with Gasteiger partial charge in [-0.3, -0.25) is 4.79 Å². The van der Waals surface area contributed by atoms with Crippen LogP contribution in [0, 0.1) is 5.92 Å². The number of carbonyl (C=O) groups is 1. The summed E-state index contributed by atoms with van der Waals surface area (Å²) in [6, 6.07) is 7.82. The number of thioether (sulfide) groups is 1. The third kappa shape index (κ3) is 5.10. The monoisotopic (exact) mass is 335 g/mol. The molecule has 1 aromatic heterocycles. The minimum Gasteiger partial charge on any atom is -0.360 e. The second-order valence-electron chi connectivity index (χ2n) is 5.41. The molecule has 1 aromatic carbocycles. The number of hydrogen-bond donors (Lipinski definition) is 1. The molecule has 2 aromatic rings. The fraction of sp³-hybridized carbons (Fsp3) is 0.438. The van der Waals surface area contributed by atoms with Crippen molar-refractivity contribution >= 4 is 34.0 Å². The van der Waals surface area contributed by atoms with E-state index in [1.54, 1.807) is 0 Å². The SMILES string of the molecule is CCc1ccc(C(=O)CSc2nnc(NCC(C)C)s2)cc1. The number of aryl methyl sites for hydroxylation is 1. The summed E-state index contributed by atoms with van der Waals surface area (Å²) >= 11 is 2.94. The first-order valence-corrected chi connectivity index (χ1v) is 9.21. The molecule has 118 valence electrons. The van der Waals surface area contributed by atoms with Gasteiger partial charge in [-0.25, -0.2) is 0 Å². The van der Waals surface area contributed by atoms with Crippen molar-refractivity contribution in [3.05, 3.63) is 35.4 Å². The first kappa shape index (κ1) is 17.0. The number of benzene rings is 1. The van der Waals surface area contributed by atoms with E-state index in [1.165, 1.54) is 28.7 Å². The molecule has 0 bridgehead atoms. The Kier molecular flexibility index (Phi) is 6.39. The lowest BCUT2D eigenvalue weighted by atomic mass is 10.1. The minimum atomic E-state index is 0.125. The molecule has 1 heterocycles. The fourth-order valence-corrected chi connectivity index (χ4v) is 3.42. The van der Waals surface area contributed by atoms with Crippen LogP contribution in [0.4, 0.5) is 5.13 Å². The van der Waals surface area contributed by atoms with Gasteiger partial charge in [-0.2, -0.15) is 0 Å². The topological polar surface area (TPSA) is 54.9 Å². The van der Waals surface area contributed by atoms with Crippen LogP contribution in [-0.2, 0) is 6.42 Å². The zero-order valence-electron chi connectivity index (χ0n) is 13.1. The normalized spacial score (nSPS) is 10.9. The van der Waals surface area contributed by atoms with E-state index in [0.29, 0.717) is 11.7 Å². The fourth-order valence-electron chi connectivity index (χ4n) is 1.77. The van der Waals surface area contributed by atoms with Crippen LogP contribution in [0.5, 0.6) is 0 Å². The van der Waals surface area contributed by atoms with Crippen LogP contribution in [0.15, 0.2) is 28.6 Å². The molecule has 0 spiro atoms. The highest BCUT2D eigenvalue weighted by Gasteiger charge is 2.10. The number of aromatic nitrogens is 2. The second-order valence-corrected chi connectivity index (χ2v) is 7.61. The maximum absolute atomic E-state index is 12.2. The summed E-state index contributed by atoms with van der Waals surface area (Å²) in [5.41, 5.74) is 2.00. The van der Waals surface area contributed by atoms with E-state index in [2.05, 4.69) is 36.3 Å². The highest BCUT2D eigenvalue weighted by Crippen LogP contribution is 2.26. The van der Waals surface area contributed by atoms with E-state index in [9.17, 15) is 4.79 Å². The zero-order valence-corrected chi connectivity index (χ0v) is 14.8. The molecule has 0 amide bonds. The van der Waals surface area contributed by atoms with Gasteiger partial charge in [0, 0.05) is 12.1 Å². The van der Waals surface area contributed by atoms with Crippen molar-refractivity contribution < 1.29 is 4.79 Å². The van der Waals surface area contributed by atoms with Crippen molar-refractivity contribution in [3.8, 4) is 0 Å². The molecule has 6 heteroatoms. The van der Waals surface area contributed by atoms with Gasteiger partial charge >= 0.3 is 0 Å². The lowest BCUT2D eigenvalue weighted by Crippen LogP contribution is -2.07. The number of nitrogens with zero attached hydrogens (tertiary/aromatic N) is 2. The van der Waals surface area contributed by atoms with Gasteiger partial charge in [-0.1, -0.05) is 68.1 Å². The van der Waals surface area contributed by atoms with Gasteiger partial charge in [0.15, 0.2) is 10.1 Å². The van der Waals surface area contributed by atoms with Gasteiger partial charge in [0.1, 0.15) is 0 Å². The lowest BCUT2D eigenvalue weighted by molar-refractivity contribution is 0.102. The summed E-state index contributed by atoms with van der Waals surface area (Å²) in [6.07, 6.45) is 0.986. The van der Waals surface area contributed by atoms with Crippen molar-refractivity contribution in [1.29, 1.82) is 0 Å². The van der Waals surface area contributed by atoms with Crippen molar-refractivity contribution in [2.75, 3.05) is 17.6 Å². The van der Waals surface area contributed by atoms with E-state index in [-0.39, 0.29) is 5.78 Å². The van der Waals surface area contributed by atoms with Gasteiger partial charge in [0.05, 0.1) is 5.75 Å². The average molecular weight is 335 g/mol. The highest BCUT2D eigenvalue weighted by molar-refractivity contribution is 8.01. The van der Waals surface area contributed by atoms with Gasteiger partial charge in [-0.05, 0) is 17.9 Å². The predicted octanol–water partition coefficient (Wildman–Crippen LogP) is 4.14. The Morgan fingerprint density at radius 3 is 2.64 bits per heavy atom. The van der Waals surface area contributed by atoms with E-state index in [0.717, 1.165) is 28.0 Å². The maximum Gasteiger partial charge on any atom is 0.206 e. The third-order valence-electron chi connectivity index (χ3n) is 3.08. The molecular weight excluding hydrogens is 314 g/mol.